The topological polar surface area (TPSA) is 35.2 Å². The monoisotopic (exact) mass is 335 g/mol. The highest BCUT2D eigenvalue weighted by Gasteiger charge is 2.10. The van der Waals surface area contributed by atoms with E-state index in [2.05, 4.69) is 22.0 Å². The van der Waals surface area contributed by atoms with Gasteiger partial charge < -0.3 is 10.5 Å². The lowest BCUT2D eigenvalue weighted by Gasteiger charge is -2.13. The van der Waals surface area contributed by atoms with Gasteiger partial charge in [-0.1, -0.05) is 40.3 Å². The van der Waals surface area contributed by atoms with Crippen molar-refractivity contribution in [1.82, 2.24) is 0 Å². The minimum absolute atomic E-state index is 0.321. The number of aryl methyl sites for hydroxylation is 2. The van der Waals surface area contributed by atoms with Gasteiger partial charge in [0.25, 0.3) is 0 Å². The third-order valence-corrected chi connectivity index (χ3v) is 3.48. The van der Waals surface area contributed by atoms with Crippen LogP contribution >= 0.6 is 28.1 Å². The van der Waals surface area contributed by atoms with E-state index in [0.717, 1.165) is 26.9 Å². The van der Waals surface area contributed by atoms with Crippen LogP contribution in [0.3, 0.4) is 0 Å². The van der Waals surface area contributed by atoms with E-state index in [0.29, 0.717) is 10.7 Å². The van der Waals surface area contributed by atoms with Gasteiger partial charge in [0, 0.05) is 4.47 Å². The van der Waals surface area contributed by atoms with Gasteiger partial charge in [-0.2, -0.15) is 0 Å². The van der Waals surface area contributed by atoms with Crippen LogP contribution in [0, 0.1) is 13.8 Å². The van der Waals surface area contributed by atoms with E-state index in [4.69, 9.17) is 22.7 Å². The smallest absolute Gasteiger partial charge is 0.137 e. The molecule has 0 aliphatic rings. The second kappa shape index (κ2) is 5.72. The molecule has 2 aromatic rings. The SMILES string of the molecule is Cc1ccc(C)c(Oc2ccc(Br)cc2C(N)=S)c1. The average molecular weight is 336 g/mol. The Morgan fingerprint density at radius 1 is 1.11 bits per heavy atom. The van der Waals surface area contributed by atoms with Crippen molar-refractivity contribution in [2.45, 2.75) is 13.8 Å². The molecule has 0 fully saturated rings. The van der Waals surface area contributed by atoms with Crippen molar-refractivity contribution >= 4 is 33.1 Å². The molecular formula is C15H14BrNOS. The van der Waals surface area contributed by atoms with Crippen LogP contribution in [0.25, 0.3) is 0 Å². The lowest BCUT2D eigenvalue weighted by atomic mass is 10.1. The van der Waals surface area contributed by atoms with Crippen molar-refractivity contribution in [2.24, 2.45) is 5.73 Å². The standard InChI is InChI=1S/C15H14BrNOS/c1-9-3-4-10(2)14(7-9)18-13-6-5-11(16)8-12(13)15(17)19/h3-8H,1-2H3,(H2,17,19). The lowest BCUT2D eigenvalue weighted by molar-refractivity contribution is 0.477. The Morgan fingerprint density at radius 3 is 2.53 bits per heavy atom. The number of halogens is 1. The molecule has 0 unspecified atom stereocenters. The Kier molecular flexibility index (Phi) is 4.22. The van der Waals surface area contributed by atoms with E-state index in [-0.39, 0.29) is 0 Å². The van der Waals surface area contributed by atoms with Crippen LogP contribution in [-0.4, -0.2) is 4.99 Å². The normalized spacial score (nSPS) is 10.3. The Labute approximate surface area is 126 Å². The van der Waals surface area contributed by atoms with E-state index in [9.17, 15) is 0 Å². The molecular weight excluding hydrogens is 322 g/mol. The van der Waals surface area contributed by atoms with Crippen LogP contribution in [0.4, 0.5) is 0 Å². The fourth-order valence-electron chi connectivity index (χ4n) is 1.72. The molecule has 0 bridgehead atoms. The summed E-state index contributed by atoms with van der Waals surface area (Å²) in [6, 6.07) is 11.7. The third kappa shape index (κ3) is 3.33. The van der Waals surface area contributed by atoms with Crippen LogP contribution in [-0.2, 0) is 0 Å². The summed E-state index contributed by atoms with van der Waals surface area (Å²) in [5.41, 5.74) is 8.68. The number of hydrogen-bond donors (Lipinski definition) is 1. The molecule has 0 spiro atoms. The molecule has 2 aromatic carbocycles. The number of rotatable bonds is 3. The van der Waals surface area contributed by atoms with Crippen molar-refractivity contribution in [3.8, 4) is 11.5 Å². The van der Waals surface area contributed by atoms with E-state index < -0.39 is 0 Å². The molecule has 2 N–H and O–H groups in total. The third-order valence-electron chi connectivity index (χ3n) is 2.77. The van der Waals surface area contributed by atoms with Crippen LogP contribution in [0.1, 0.15) is 16.7 Å². The van der Waals surface area contributed by atoms with Crippen molar-refractivity contribution in [3.05, 3.63) is 57.6 Å². The Bertz CT molecular complexity index is 640. The molecule has 0 amide bonds. The molecule has 0 atom stereocenters. The first-order chi connectivity index (χ1) is 8.97. The molecule has 0 saturated carbocycles. The molecule has 2 rings (SSSR count). The Morgan fingerprint density at radius 2 is 1.84 bits per heavy atom. The molecule has 98 valence electrons. The van der Waals surface area contributed by atoms with Gasteiger partial charge in [-0.3, -0.25) is 0 Å². The number of thiocarbonyl (C=S) groups is 1. The largest absolute Gasteiger partial charge is 0.456 e. The summed E-state index contributed by atoms with van der Waals surface area (Å²) in [4.78, 5) is 0.321. The summed E-state index contributed by atoms with van der Waals surface area (Å²) < 4.78 is 6.87. The molecule has 0 heterocycles. The van der Waals surface area contributed by atoms with Crippen molar-refractivity contribution in [3.63, 3.8) is 0 Å². The zero-order valence-electron chi connectivity index (χ0n) is 10.7. The van der Waals surface area contributed by atoms with E-state index in [1.54, 1.807) is 0 Å². The van der Waals surface area contributed by atoms with E-state index in [1.807, 2.05) is 44.2 Å². The van der Waals surface area contributed by atoms with Crippen molar-refractivity contribution in [2.75, 3.05) is 0 Å². The van der Waals surface area contributed by atoms with Crippen LogP contribution in [0.2, 0.25) is 0 Å². The zero-order valence-corrected chi connectivity index (χ0v) is 13.1. The van der Waals surface area contributed by atoms with Gasteiger partial charge in [-0.25, -0.2) is 0 Å². The van der Waals surface area contributed by atoms with Gasteiger partial charge in [-0.05, 0) is 49.2 Å². The maximum atomic E-state index is 5.95. The number of hydrogen-bond acceptors (Lipinski definition) is 2. The minimum Gasteiger partial charge on any atom is -0.456 e. The van der Waals surface area contributed by atoms with Gasteiger partial charge in [0.2, 0.25) is 0 Å². The second-order valence-electron chi connectivity index (χ2n) is 4.38. The average Bonchev–Trinajstić information content (AvgIpc) is 2.35. The van der Waals surface area contributed by atoms with Gasteiger partial charge in [0.05, 0.1) is 5.56 Å². The fourth-order valence-corrected chi connectivity index (χ4v) is 2.24. The van der Waals surface area contributed by atoms with Crippen molar-refractivity contribution < 1.29 is 4.74 Å². The minimum atomic E-state index is 0.321. The fraction of sp³-hybridized carbons (Fsp3) is 0.133. The molecule has 0 radical (unpaired) electrons. The predicted octanol–water partition coefficient (Wildman–Crippen LogP) is 4.49. The van der Waals surface area contributed by atoms with Gasteiger partial charge in [0.1, 0.15) is 16.5 Å². The number of ether oxygens (including phenoxy) is 1. The Balaban J connectivity index is 2.43. The molecule has 0 aliphatic heterocycles. The first-order valence-corrected chi connectivity index (χ1v) is 7.02. The predicted molar refractivity (Wildman–Crippen MR) is 86.0 cm³/mol. The van der Waals surface area contributed by atoms with Crippen molar-refractivity contribution in [1.29, 1.82) is 0 Å². The quantitative estimate of drug-likeness (QED) is 0.839. The summed E-state index contributed by atoms with van der Waals surface area (Å²) in [7, 11) is 0. The highest BCUT2D eigenvalue weighted by atomic mass is 79.9. The summed E-state index contributed by atoms with van der Waals surface area (Å²) >= 11 is 8.47. The molecule has 19 heavy (non-hydrogen) atoms. The van der Waals surface area contributed by atoms with E-state index in [1.165, 1.54) is 0 Å². The lowest BCUT2D eigenvalue weighted by Crippen LogP contribution is -2.10. The molecule has 2 nitrogen and oxygen atoms in total. The van der Waals surface area contributed by atoms with Gasteiger partial charge >= 0.3 is 0 Å². The number of benzene rings is 2. The zero-order chi connectivity index (χ0) is 14.0. The number of nitrogens with two attached hydrogens (primary N) is 1. The Hall–Kier alpha value is -1.39. The maximum absolute atomic E-state index is 5.95. The van der Waals surface area contributed by atoms with Gasteiger partial charge in [0.15, 0.2) is 0 Å². The summed E-state index contributed by atoms with van der Waals surface area (Å²) in [5.74, 6) is 1.49. The maximum Gasteiger partial charge on any atom is 0.137 e. The summed E-state index contributed by atoms with van der Waals surface area (Å²) in [6.45, 7) is 4.04. The van der Waals surface area contributed by atoms with E-state index >= 15 is 0 Å². The molecule has 0 aromatic heterocycles. The van der Waals surface area contributed by atoms with Crippen LogP contribution in [0.15, 0.2) is 40.9 Å². The highest BCUT2D eigenvalue weighted by molar-refractivity contribution is 9.10. The highest BCUT2D eigenvalue weighted by Crippen LogP contribution is 2.30. The van der Waals surface area contributed by atoms with Crippen LogP contribution in [0.5, 0.6) is 11.5 Å². The summed E-state index contributed by atoms with van der Waals surface area (Å²) in [6.07, 6.45) is 0. The van der Waals surface area contributed by atoms with Crippen LogP contribution < -0.4 is 10.5 Å². The molecule has 0 aliphatic carbocycles. The van der Waals surface area contributed by atoms with Gasteiger partial charge in [-0.15, -0.1) is 0 Å². The second-order valence-corrected chi connectivity index (χ2v) is 5.73. The first kappa shape index (κ1) is 14.0. The first-order valence-electron chi connectivity index (χ1n) is 5.82. The summed E-state index contributed by atoms with van der Waals surface area (Å²) in [5, 5.41) is 0. The molecule has 4 heteroatoms. The molecule has 0 saturated heterocycles.